The molecule has 0 aromatic carbocycles. The molecule has 0 amide bonds. The Bertz CT molecular complexity index is 79.8. The number of hydrogen-bond donors (Lipinski definition) is 2. The molecule has 0 aliphatic carbocycles. The van der Waals surface area contributed by atoms with Gasteiger partial charge in [0.2, 0.25) is 0 Å². The van der Waals surface area contributed by atoms with E-state index >= 15 is 0 Å². The molecule has 40 valence electrons. The zero-order valence-electron chi connectivity index (χ0n) is 3.98. The molecule has 0 radical (unpaired) electrons. The van der Waals surface area contributed by atoms with Crippen LogP contribution in [-0.2, 0) is 4.79 Å². The van der Waals surface area contributed by atoms with E-state index in [1.54, 1.807) is 0 Å². The number of aldehydes is 1. The number of carbonyl (C=O) groups excluding carboxylic acids is 1. The lowest BCUT2D eigenvalue weighted by atomic mass is 10.3. The molecule has 0 fully saturated rings. The maximum Gasteiger partial charge on any atom is 0.120 e. The van der Waals surface area contributed by atoms with Crippen molar-refractivity contribution in [1.82, 2.24) is 0 Å². The van der Waals surface area contributed by atoms with Crippen LogP contribution in [0.15, 0.2) is 0 Å². The van der Waals surface area contributed by atoms with Gasteiger partial charge in [0.15, 0.2) is 0 Å². The monoisotopic (exact) mass is 100 g/mol. The molecule has 0 aromatic heterocycles. The highest BCUT2D eigenvalue weighted by atomic mass is 16.1. The molecule has 3 N–H and O–H groups in total. The van der Waals surface area contributed by atoms with E-state index in [2.05, 4.69) is 0 Å². The summed E-state index contributed by atoms with van der Waals surface area (Å²) < 4.78 is 0. The van der Waals surface area contributed by atoms with Crippen molar-refractivity contribution in [1.29, 1.82) is 5.41 Å². The molecule has 0 saturated heterocycles. The van der Waals surface area contributed by atoms with Gasteiger partial charge >= 0.3 is 0 Å². The minimum atomic E-state index is 0.0760. The van der Waals surface area contributed by atoms with Crippen molar-refractivity contribution in [2.75, 3.05) is 0 Å². The van der Waals surface area contributed by atoms with Gasteiger partial charge in [-0.3, -0.25) is 5.41 Å². The minimum Gasteiger partial charge on any atom is -0.388 e. The summed E-state index contributed by atoms with van der Waals surface area (Å²) >= 11 is 0. The molecule has 0 aromatic rings. The van der Waals surface area contributed by atoms with E-state index in [0.29, 0.717) is 12.8 Å². The first-order valence-electron chi connectivity index (χ1n) is 2.04. The fraction of sp³-hybridized carbons (Fsp3) is 0.500. The fourth-order valence-corrected chi connectivity index (χ4v) is 0.214. The van der Waals surface area contributed by atoms with Crippen molar-refractivity contribution in [3.8, 4) is 0 Å². The number of nitrogens with one attached hydrogen (secondary N) is 1. The number of nitrogens with two attached hydrogens (primary N) is 1. The number of rotatable bonds is 3. The van der Waals surface area contributed by atoms with Gasteiger partial charge in [-0.25, -0.2) is 0 Å². The van der Waals surface area contributed by atoms with Crippen LogP contribution in [-0.4, -0.2) is 12.1 Å². The molecule has 3 nitrogen and oxygen atoms in total. The van der Waals surface area contributed by atoms with Crippen LogP contribution in [0, 0.1) is 5.41 Å². The summed E-state index contributed by atoms with van der Waals surface area (Å²) in [5.74, 6) is 0.0760. The Morgan fingerprint density at radius 2 is 2.43 bits per heavy atom. The van der Waals surface area contributed by atoms with E-state index in [-0.39, 0.29) is 5.84 Å². The van der Waals surface area contributed by atoms with Crippen molar-refractivity contribution in [2.24, 2.45) is 5.73 Å². The second kappa shape index (κ2) is 3.33. The smallest absolute Gasteiger partial charge is 0.120 e. The molecule has 7 heavy (non-hydrogen) atoms. The lowest BCUT2D eigenvalue weighted by Crippen LogP contribution is -2.08. The van der Waals surface area contributed by atoms with Crippen molar-refractivity contribution in [3.63, 3.8) is 0 Å². The largest absolute Gasteiger partial charge is 0.388 e. The molecule has 0 atom stereocenters. The van der Waals surface area contributed by atoms with Crippen LogP contribution >= 0.6 is 0 Å². The Balaban J connectivity index is 2.97. The van der Waals surface area contributed by atoms with Crippen LogP contribution in [0.2, 0.25) is 0 Å². The fourth-order valence-electron chi connectivity index (χ4n) is 0.214. The first-order chi connectivity index (χ1) is 3.27. The molecular weight excluding hydrogens is 92.1 g/mol. The van der Waals surface area contributed by atoms with Crippen LogP contribution in [0.1, 0.15) is 12.8 Å². The summed E-state index contributed by atoms with van der Waals surface area (Å²) in [5.41, 5.74) is 4.90. The van der Waals surface area contributed by atoms with Gasteiger partial charge in [0, 0.05) is 12.8 Å². The maximum absolute atomic E-state index is 9.56. The second-order valence-corrected chi connectivity index (χ2v) is 1.23. The summed E-state index contributed by atoms with van der Waals surface area (Å²) in [5, 5.41) is 6.62. The van der Waals surface area contributed by atoms with Crippen molar-refractivity contribution in [3.05, 3.63) is 0 Å². The topological polar surface area (TPSA) is 66.9 Å². The van der Waals surface area contributed by atoms with Crippen LogP contribution in [0.25, 0.3) is 0 Å². The van der Waals surface area contributed by atoms with E-state index in [1.165, 1.54) is 0 Å². The molecule has 0 bridgehead atoms. The molecule has 0 aliphatic heterocycles. The van der Waals surface area contributed by atoms with Gasteiger partial charge in [0.1, 0.15) is 6.29 Å². The van der Waals surface area contributed by atoms with E-state index < -0.39 is 0 Å². The highest BCUT2D eigenvalue weighted by Crippen LogP contribution is 1.78. The maximum atomic E-state index is 9.56. The number of hydrogen-bond acceptors (Lipinski definition) is 2. The molecule has 0 heterocycles. The van der Waals surface area contributed by atoms with Crippen molar-refractivity contribution < 1.29 is 4.79 Å². The van der Waals surface area contributed by atoms with Crippen LogP contribution in [0.4, 0.5) is 0 Å². The summed E-state index contributed by atoms with van der Waals surface area (Å²) in [6.07, 6.45) is 1.51. The Morgan fingerprint density at radius 3 is 2.57 bits per heavy atom. The summed E-state index contributed by atoms with van der Waals surface area (Å²) in [6, 6.07) is 0. The van der Waals surface area contributed by atoms with Gasteiger partial charge in [-0.15, -0.1) is 0 Å². The third-order valence-corrected chi connectivity index (χ3v) is 0.532. The first-order valence-corrected chi connectivity index (χ1v) is 2.04. The summed E-state index contributed by atoms with van der Waals surface area (Å²) in [7, 11) is 0. The Kier molecular flexibility index (Phi) is 2.92. The minimum absolute atomic E-state index is 0.0760. The van der Waals surface area contributed by atoms with Crippen LogP contribution in [0.3, 0.4) is 0 Å². The predicted molar refractivity (Wildman–Crippen MR) is 27.2 cm³/mol. The second-order valence-electron chi connectivity index (χ2n) is 1.23. The predicted octanol–water partition coefficient (Wildman–Crippen LogP) is -0.0985. The highest BCUT2D eigenvalue weighted by molar-refractivity contribution is 5.78. The van der Waals surface area contributed by atoms with Gasteiger partial charge in [-0.05, 0) is 0 Å². The molecule has 3 heteroatoms. The number of amidine groups is 1. The lowest BCUT2D eigenvalue weighted by Gasteiger charge is -1.85. The number of carbonyl (C=O) groups is 1. The van der Waals surface area contributed by atoms with Gasteiger partial charge in [-0.1, -0.05) is 0 Å². The standard InChI is InChI=1S/C4H8N2O/c5-4(6)2-1-3-7/h3H,1-2H2,(H3,5,6). The van der Waals surface area contributed by atoms with Crippen LogP contribution in [0.5, 0.6) is 0 Å². The Morgan fingerprint density at radius 1 is 1.86 bits per heavy atom. The zero-order valence-corrected chi connectivity index (χ0v) is 3.98. The third-order valence-electron chi connectivity index (χ3n) is 0.532. The van der Waals surface area contributed by atoms with Gasteiger partial charge in [0.25, 0.3) is 0 Å². The van der Waals surface area contributed by atoms with E-state index in [1.807, 2.05) is 0 Å². The molecule has 0 unspecified atom stereocenters. The highest BCUT2D eigenvalue weighted by Gasteiger charge is 1.83. The first kappa shape index (κ1) is 6.14. The van der Waals surface area contributed by atoms with E-state index in [4.69, 9.17) is 11.1 Å². The molecule has 0 spiro atoms. The Labute approximate surface area is 42.0 Å². The average molecular weight is 100 g/mol. The van der Waals surface area contributed by atoms with E-state index in [0.717, 1.165) is 6.29 Å². The van der Waals surface area contributed by atoms with Gasteiger partial charge < -0.3 is 10.5 Å². The third kappa shape index (κ3) is 5.14. The SMILES string of the molecule is N=C(N)CCC=O. The van der Waals surface area contributed by atoms with Crippen molar-refractivity contribution >= 4 is 12.1 Å². The molecular formula is C4H8N2O. The van der Waals surface area contributed by atoms with Crippen molar-refractivity contribution in [2.45, 2.75) is 12.8 Å². The quantitative estimate of drug-likeness (QED) is 0.295. The molecule has 0 aliphatic rings. The van der Waals surface area contributed by atoms with E-state index in [9.17, 15) is 4.79 Å². The summed E-state index contributed by atoms with van der Waals surface area (Å²) in [4.78, 5) is 9.56. The lowest BCUT2D eigenvalue weighted by molar-refractivity contribution is -0.107. The van der Waals surface area contributed by atoms with Gasteiger partial charge in [-0.2, -0.15) is 0 Å². The normalized spacial score (nSPS) is 8.00. The average Bonchev–Trinajstić information content (AvgIpc) is 1.61. The molecule has 0 saturated carbocycles. The Hall–Kier alpha value is -0.860. The van der Waals surface area contributed by atoms with Gasteiger partial charge in [0.05, 0.1) is 5.84 Å². The zero-order chi connectivity index (χ0) is 5.70. The van der Waals surface area contributed by atoms with Crippen LogP contribution < -0.4 is 5.73 Å². The summed E-state index contributed by atoms with van der Waals surface area (Å²) in [6.45, 7) is 0. The molecule has 0 rings (SSSR count).